The van der Waals surface area contributed by atoms with E-state index in [0.717, 1.165) is 22.3 Å². The van der Waals surface area contributed by atoms with Gasteiger partial charge in [0.1, 0.15) is 5.75 Å². The van der Waals surface area contributed by atoms with Crippen LogP contribution in [0, 0.1) is 0 Å². The summed E-state index contributed by atoms with van der Waals surface area (Å²) in [7, 11) is 0. The molecule has 0 spiro atoms. The number of carbonyl (C=O) groups is 1. The Labute approximate surface area is 117 Å². The Bertz CT molecular complexity index is 717. The van der Waals surface area contributed by atoms with E-state index in [4.69, 9.17) is 5.73 Å². The number of benzene rings is 2. The summed E-state index contributed by atoms with van der Waals surface area (Å²) in [5.41, 5.74) is 9.78. The first-order valence-corrected chi connectivity index (χ1v) is 6.54. The molecule has 1 aliphatic rings. The third-order valence-corrected chi connectivity index (χ3v) is 3.60. The molecule has 0 atom stereocenters. The predicted octanol–water partition coefficient (Wildman–Crippen LogP) is 2.67. The third-order valence-electron chi connectivity index (χ3n) is 3.60. The topological polar surface area (TPSA) is 63.3 Å². The fraction of sp³-hybridized carbons (Fsp3) is 0.118. The van der Waals surface area contributed by atoms with Crippen molar-refractivity contribution in [2.75, 3.05) is 0 Å². The maximum absolute atomic E-state index is 12.3. The van der Waals surface area contributed by atoms with Crippen molar-refractivity contribution in [3.8, 4) is 5.75 Å². The van der Waals surface area contributed by atoms with Crippen LogP contribution in [0.1, 0.15) is 27.0 Å². The number of phenols is 1. The van der Waals surface area contributed by atoms with Crippen LogP contribution >= 0.6 is 0 Å². The van der Waals surface area contributed by atoms with E-state index in [0.29, 0.717) is 12.0 Å². The summed E-state index contributed by atoms with van der Waals surface area (Å²) >= 11 is 0. The largest absolute Gasteiger partial charge is 0.508 e. The van der Waals surface area contributed by atoms with Crippen LogP contribution < -0.4 is 5.73 Å². The second-order valence-corrected chi connectivity index (χ2v) is 4.92. The van der Waals surface area contributed by atoms with Gasteiger partial charge < -0.3 is 10.8 Å². The number of hydrogen-bond donors (Lipinski definition) is 2. The lowest BCUT2D eigenvalue weighted by molar-refractivity contribution is 0.104. The molecule has 100 valence electrons. The zero-order chi connectivity index (χ0) is 14.1. The van der Waals surface area contributed by atoms with E-state index in [1.54, 1.807) is 12.1 Å². The minimum Gasteiger partial charge on any atom is -0.508 e. The fourth-order valence-corrected chi connectivity index (χ4v) is 2.53. The maximum atomic E-state index is 12.3. The van der Waals surface area contributed by atoms with Gasteiger partial charge >= 0.3 is 0 Å². The number of Topliss-reactive ketones (excluding diaryl/α,β-unsaturated/α-hetero) is 1. The summed E-state index contributed by atoms with van der Waals surface area (Å²) in [5, 5.41) is 9.62. The van der Waals surface area contributed by atoms with Crippen LogP contribution in [0.2, 0.25) is 0 Å². The van der Waals surface area contributed by atoms with Crippen LogP contribution in [-0.2, 0) is 13.0 Å². The SMILES string of the molecule is NCc1cc(/C=C2\Cc3ccccc3C2=O)ccc1O. The Hall–Kier alpha value is -2.39. The highest BCUT2D eigenvalue weighted by Crippen LogP contribution is 2.28. The summed E-state index contributed by atoms with van der Waals surface area (Å²) in [4.78, 5) is 12.3. The van der Waals surface area contributed by atoms with Crippen molar-refractivity contribution >= 4 is 11.9 Å². The van der Waals surface area contributed by atoms with Crippen LogP contribution in [0.4, 0.5) is 0 Å². The monoisotopic (exact) mass is 265 g/mol. The molecule has 0 saturated heterocycles. The van der Waals surface area contributed by atoms with Crippen molar-refractivity contribution in [1.82, 2.24) is 0 Å². The van der Waals surface area contributed by atoms with Crippen LogP contribution in [0.5, 0.6) is 5.75 Å². The molecule has 3 rings (SSSR count). The third kappa shape index (κ3) is 2.12. The van der Waals surface area contributed by atoms with Gasteiger partial charge in [0.2, 0.25) is 0 Å². The Morgan fingerprint density at radius 1 is 1.20 bits per heavy atom. The molecule has 0 aliphatic heterocycles. The predicted molar refractivity (Wildman–Crippen MR) is 78.5 cm³/mol. The van der Waals surface area contributed by atoms with Gasteiger partial charge in [0, 0.05) is 29.7 Å². The van der Waals surface area contributed by atoms with E-state index in [1.807, 2.05) is 36.4 Å². The van der Waals surface area contributed by atoms with Gasteiger partial charge in [-0.15, -0.1) is 0 Å². The first-order chi connectivity index (χ1) is 9.69. The number of fused-ring (bicyclic) bond motifs is 1. The number of hydrogen-bond acceptors (Lipinski definition) is 3. The molecule has 0 fully saturated rings. The number of aromatic hydroxyl groups is 1. The van der Waals surface area contributed by atoms with E-state index in [9.17, 15) is 9.90 Å². The molecular formula is C17H15NO2. The molecule has 2 aromatic rings. The first-order valence-electron chi connectivity index (χ1n) is 6.54. The Morgan fingerprint density at radius 2 is 2.00 bits per heavy atom. The highest BCUT2D eigenvalue weighted by atomic mass is 16.3. The molecule has 0 unspecified atom stereocenters. The van der Waals surface area contributed by atoms with E-state index in [2.05, 4.69) is 0 Å². The van der Waals surface area contributed by atoms with E-state index < -0.39 is 0 Å². The normalized spacial score (nSPS) is 15.7. The van der Waals surface area contributed by atoms with Crippen LogP contribution in [0.15, 0.2) is 48.0 Å². The number of carbonyl (C=O) groups excluding carboxylic acids is 1. The smallest absolute Gasteiger partial charge is 0.189 e. The van der Waals surface area contributed by atoms with Gasteiger partial charge in [0.05, 0.1) is 0 Å². The number of rotatable bonds is 2. The van der Waals surface area contributed by atoms with Crippen molar-refractivity contribution in [2.45, 2.75) is 13.0 Å². The van der Waals surface area contributed by atoms with Crippen LogP contribution in [-0.4, -0.2) is 10.9 Å². The second kappa shape index (κ2) is 4.94. The van der Waals surface area contributed by atoms with E-state index in [-0.39, 0.29) is 18.1 Å². The minimum atomic E-state index is 0.0861. The van der Waals surface area contributed by atoms with Crippen LogP contribution in [0.3, 0.4) is 0 Å². The molecule has 0 bridgehead atoms. The van der Waals surface area contributed by atoms with Crippen molar-refractivity contribution in [1.29, 1.82) is 0 Å². The summed E-state index contributed by atoms with van der Waals surface area (Å²) < 4.78 is 0. The quantitative estimate of drug-likeness (QED) is 0.820. The molecule has 0 amide bonds. The molecule has 2 aromatic carbocycles. The van der Waals surface area contributed by atoms with Gasteiger partial charge in [-0.25, -0.2) is 0 Å². The van der Waals surface area contributed by atoms with Gasteiger partial charge in [0.15, 0.2) is 5.78 Å². The average Bonchev–Trinajstić information content (AvgIpc) is 2.78. The highest BCUT2D eigenvalue weighted by Gasteiger charge is 2.23. The lowest BCUT2D eigenvalue weighted by Gasteiger charge is -2.03. The number of nitrogens with two attached hydrogens (primary N) is 1. The summed E-state index contributed by atoms with van der Waals surface area (Å²) in [6, 6.07) is 12.9. The lowest BCUT2D eigenvalue weighted by atomic mass is 10.0. The fourth-order valence-electron chi connectivity index (χ4n) is 2.53. The molecule has 0 saturated carbocycles. The van der Waals surface area contributed by atoms with Gasteiger partial charge in [-0.2, -0.15) is 0 Å². The first kappa shape index (κ1) is 12.6. The molecular weight excluding hydrogens is 250 g/mol. The zero-order valence-electron chi connectivity index (χ0n) is 11.0. The Balaban J connectivity index is 1.97. The summed E-state index contributed by atoms with van der Waals surface area (Å²) in [5.74, 6) is 0.277. The number of ketones is 1. The molecule has 3 heteroatoms. The lowest BCUT2D eigenvalue weighted by Crippen LogP contribution is -1.98. The van der Waals surface area contributed by atoms with Crippen molar-refractivity contribution < 1.29 is 9.90 Å². The minimum absolute atomic E-state index is 0.0861. The maximum Gasteiger partial charge on any atom is 0.189 e. The van der Waals surface area contributed by atoms with E-state index in [1.165, 1.54) is 0 Å². The van der Waals surface area contributed by atoms with Gasteiger partial charge in [-0.3, -0.25) is 4.79 Å². The molecule has 0 radical (unpaired) electrons. The highest BCUT2D eigenvalue weighted by molar-refractivity contribution is 6.15. The molecule has 0 heterocycles. The van der Waals surface area contributed by atoms with Gasteiger partial charge in [0.25, 0.3) is 0 Å². The Morgan fingerprint density at radius 3 is 2.75 bits per heavy atom. The Kier molecular flexibility index (Phi) is 3.12. The van der Waals surface area contributed by atoms with E-state index >= 15 is 0 Å². The van der Waals surface area contributed by atoms with Crippen molar-refractivity contribution in [3.05, 3.63) is 70.3 Å². The number of allylic oxidation sites excluding steroid dienone is 1. The van der Waals surface area contributed by atoms with Crippen molar-refractivity contribution in [3.63, 3.8) is 0 Å². The molecule has 20 heavy (non-hydrogen) atoms. The second-order valence-electron chi connectivity index (χ2n) is 4.92. The zero-order valence-corrected chi connectivity index (χ0v) is 11.0. The molecule has 3 nitrogen and oxygen atoms in total. The average molecular weight is 265 g/mol. The molecule has 0 aromatic heterocycles. The number of phenolic OH excluding ortho intramolecular Hbond substituents is 1. The molecule has 1 aliphatic carbocycles. The molecule has 3 N–H and O–H groups in total. The summed E-state index contributed by atoms with van der Waals surface area (Å²) in [6.07, 6.45) is 2.54. The summed E-state index contributed by atoms with van der Waals surface area (Å²) in [6.45, 7) is 0.275. The van der Waals surface area contributed by atoms with Gasteiger partial charge in [-0.1, -0.05) is 30.3 Å². The van der Waals surface area contributed by atoms with Gasteiger partial charge in [-0.05, 0) is 29.3 Å². The van der Waals surface area contributed by atoms with Crippen molar-refractivity contribution in [2.24, 2.45) is 5.73 Å². The standard InChI is InChI=1S/C17H15NO2/c18-10-14-8-11(5-6-16(14)19)7-13-9-12-3-1-2-4-15(12)17(13)20/h1-8,19H,9-10,18H2/b13-7+. The van der Waals surface area contributed by atoms with Crippen LogP contribution in [0.25, 0.3) is 6.08 Å².